The fourth-order valence-electron chi connectivity index (χ4n) is 2.75. The third-order valence-electron chi connectivity index (χ3n) is 3.91. The monoisotopic (exact) mass is 315 g/mol. The molecule has 0 spiro atoms. The molecule has 0 fully saturated rings. The van der Waals surface area contributed by atoms with Gasteiger partial charge in [-0.25, -0.2) is 0 Å². The summed E-state index contributed by atoms with van der Waals surface area (Å²) in [6, 6.07) is 9.79. The molecule has 0 N–H and O–H groups in total. The zero-order chi connectivity index (χ0) is 16.1. The third kappa shape index (κ3) is 3.97. The van der Waals surface area contributed by atoms with E-state index in [1.165, 1.54) is 7.11 Å². The van der Waals surface area contributed by atoms with Gasteiger partial charge in [0, 0.05) is 31.7 Å². The number of rotatable bonds is 5. The van der Waals surface area contributed by atoms with E-state index in [0.29, 0.717) is 19.7 Å². The predicted molar refractivity (Wildman–Crippen MR) is 84.5 cm³/mol. The highest BCUT2D eigenvalue weighted by atomic mass is 16.5. The second kappa shape index (κ2) is 7.39. The van der Waals surface area contributed by atoms with Gasteiger partial charge in [0.25, 0.3) is 0 Å². The van der Waals surface area contributed by atoms with E-state index in [9.17, 15) is 4.79 Å². The Labute approximate surface area is 135 Å². The molecule has 6 nitrogen and oxygen atoms in total. The number of hydrogen-bond donors (Lipinski definition) is 0. The summed E-state index contributed by atoms with van der Waals surface area (Å²) in [6.07, 6.45) is 3.70. The molecule has 0 radical (unpaired) electrons. The van der Waals surface area contributed by atoms with Gasteiger partial charge in [0.15, 0.2) is 0 Å². The van der Waals surface area contributed by atoms with E-state index >= 15 is 0 Å². The van der Waals surface area contributed by atoms with Crippen LogP contribution in [0, 0.1) is 0 Å². The highest BCUT2D eigenvalue weighted by Crippen LogP contribution is 2.16. The summed E-state index contributed by atoms with van der Waals surface area (Å²) in [4.78, 5) is 18.3. The van der Waals surface area contributed by atoms with Crippen molar-refractivity contribution in [2.45, 2.75) is 25.8 Å². The van der Waals surface area contributed by atoms with E-state index in [-0.39, 0.29) is 18.6 Å². The highest BCUT2D eigenvalue weighted by molar-refractivity contribution is 5.77. The molecule has 0 saturated carbocycles. The Morgan fingerprint density at radius 3 is 3.00 bits per heavy atom. The molecule has 3 heterocycles. The molecule has 1 aliphatic rings. The number of fused-ring (bicyclic) bond motifs is 1. The lowest BCUT2D eigenvalue weighted by molar-refractivity contribution is -0.137. The van der Waals surface area contributed by atoms with Crippen molar-refractivity contribution in [1.29, 1.82) is 0 Å². The molecule has 2 aromatic heterocycles. The van der Waals surface area contributed by atoms with Crippen LogP contribution in [0.25, 0.3) is 0 Å². The molecular weight excluding hydrogens is 294 g/mol. The van der Waals surface area contributed by atoms with Crippen molar-refractivity contribution in [2.75, 3.05) is 20.3 Å². The first-order chi connectivity index (χ1) is 11.3. The fraction of sp³-hybridized carbons (Fsp3) is 0.412. The van der Waals surface area contributed by atoms with Crippen molar-refractivity contribution in [3.05, 3.63) is 54.1 Å². The molecule has 122 valence electrons. The lowest BCUT2D eigenvalue weighted by atomic mass is 10.3. The van der Waals surface area contributed by atoms with Gasteiger partial charge in [0.05, 0.1) is 31.5 Å². The zero-order valence-electron chi connectivity index (χ0n) is 13.2. The molecule has 0 saturated heterocycles. The molecule has 0 aliphatic carbocycles. The van der Waals surface area contributed by atoms with Crippen molar-refractivity contribution in [2.24, 2.45) is 0 Å². The minimum absolute atomic E-state index is 0.0198. The molecule has 1 amide bonds. The molecule has 6 heteroatoms. The van der Waals surface area contributed by atoms with Gasteiger partial charge in [-0.15, -0.1) is 0 Å². The Balaban J connectivity index is 1.70. The van der Waals surface area contributed by atoms with Crippen LogP contribution in [0.1, 0.15) is 11.4 Å². The summed E-state index contributed by atoms with van der Waals surface area (Å²) in [5.41, 5.74) is 2.00. The minimum Gasteiger partial charge on any atom is -0.375 e. The number of methoxy groups -OCH3 is 1. The number of carbonyl (C=O) groups is 1. The van der Waals surface area contributed by atoms with Crippen molar-refractivity contribution < 1.29 is 14.3 Å². The lowest BCUT2D eigenvalue weighted by Crippen LogP contribution is -2.39. The van der Waals surface area contributed by atoms with Crippen LogP contribution in [-0.2, 0) is 34.0 Å². The van der Waals surface area contributed by atoms with Gasteiger partial charge in [0.1, 0.15) is 6.61 Å². The van der Waals surface area contributed by atoms with Crippen LogP contribution in [-0.4, -0.2) is 46.7 Å². The largest absolute Gasteiger partial charge is 0.375 e. The van der Waals surface area contributed by atoms with E-state index in [1.807, 2.05) is 36.5 Å². The minimum atomic E-state index is -0.0773. The summed E-state index contributed by atoms with van der Waals surface area (Å²) in [5.74, 6) is -0.0198. The van der Waals surface area contributed by atoms with Crippen LogP contribution < -0.4 is 0 Å². The van der Waals surface area contributed by atoms with Crippen molar-refractivity contribution in [3.8, 4) is 0 Å². The van der Waals surface area contributed by atoms with Crippen LogP contribution in [0.15, 0.2) is 42.7 Å². The number of hydrogen-bond acceptors (Lipinski definition) is 4. The van der Waals surface area contributed by atoms with E-state index in [1.54, 1.807) is 11.1 Å². The van der Waals surface area contributed by atoms with E-state index < -0.39 is 0 Å². The summed E-state index contributed by atoms with van der Waals surface area (Å²) < 4.78 is 13.1. The van der Waals surface area contributed by atoms with Gasteiger partial charge >= 0.3 is 0 Å². The van der Waals surface area contributed by atoms with Crippen LogP contribution in [0.4, 0.5) is 0 Å². The second-order valence-electron chi connectivity index (χ2n) is 5.61. The number of nitrogens with zero attached hydrogens (tertiary/aromatic N) is 3. The van der Waals surface area contributed by atoms with Crippen LogP contribution >= 0.6 is 0 Å². The average Bonchev–Trinajstić information content (AvgIpc) is 2.92. The van der Waals surface area contributed by atoms with Gasteiger partial charge < -0.3 is 18.9 Å². The van der Waals surface area contributed by atoms with Gasteiger partial charge in [0.2, 0.25) is 5.91 Å². The first-order valence-electron chi connectivity index (χ1n) is 7.68. The predicted octanol–water partition coefficient (Wildman–Crippen LogP) is 1.46. The third-order valence-corrected chi connectivity index (χ3v) is 3.91. The van der Waals surface area contributed by atoms with Crippen molar-refractivity contribution >= 4 is 5.91 Å². The summed E-state index contributed by atoms with van der Waals surface area (Å²) in [6.45, 7) is 2.39. The Morgan fingerprint density at radius 1 is 1.30 bits per heavy atom. The van der Waals surface area contributed by atoms with Gasteiger partial charge in [-0.2, -0.15) is 0 Å². The van der Waals surface area contributed by atoms with Crippen molar-refractivity contribution in [3.63, 3.8) is 0 Å². The molecular formula is C17H21N3O3. The molecule has 0 bridgehead atoms. The maximum atomic E-state index is 12.2. The van der Waals surface area contributed by atoms with Gasteiger partial charge in [-0.1, -0.05) is 6.07 Å². The van der Waals surface area contributed by atoms with Crippen molar-refractivity contribution in [1.82, 2.24) is 14.5 Å². The first-order valence-corrected chi connectivity index (χ1v) is 7.68. The number of ether oxygens (including phenoxy) is 2. The lowest BCUT2D eigenvalue weighted by Gasteiger charge is -2.24. The van der Waals surface area contributed by atoms with Crippen LogP contribution in [0.5, 0.6) is 0 Å². The van der Waals surface area contributed by atoms with Crippen LogP contribution in [0.3, 0.4) is 0 Å². The quantitative estimate of drug-likeness (QED) is 0.838. The van der Waals surface area contributed by atoms with E-state index in [4.69, 9.17) is 9.47 Å². The zero-order valence-corrected chi connectivity index (χ0v) is 13.2. The first kappa shape index (κ1) is 15.7. The van der Waals surface area contributed by atoms with Crippen LogP contribution in [0.2, 0.25) is 0 Å². The maximum Gasteiger partial charge on any atom is 0.248 e. The fourth-order valence-corrected chi connectivity index (χ4v) is 2.75. The topological polar surface area (TPSA) is 56.6 Å². The number of aromatic nitrogens is 2. The van der Waals surface area contributed by atoms with Gasteiger partial charge in [-0.05, 0) is 24.3 Å². The molecule has 1 unspecified atom stereocenters. The Bertz CT molecular complexity index is 642. The Kier molecular flexibility index (Phi) is 5.05. The SMILES string of the molecule is COCC(=O)N1Cc2cccn2CC(OCc2ccccn2)C1. The molecule has 23 heavy (non-hydrogen) atoms. The second-order valence-corrected chi connectivity index (χ2v) is 5.61. The van der Waals surface area contributed by atoms with E-state index in [2.05, 4.69) is 9.55 Å². The standard InChI is InChI=1S/C17H21N3O3/c1-22-13-17(21)20-9-15-6-4-8-19(15)10-16(11-20)23-12-14-5-2-3-7-18-14/h2-8,16H,9-13H2,1H3. The summed E-state index contributed by atoms with van der Waals surface area (Å²) in [7, 11) is 1.54. The number of pyridine rings is 1. The van der Waals surface area contributed by atoms with E-state index in [0.717, 1.165) is 17.9 Å². The van der Waals surface area contributed by atoms with Gasteiger partial charge in [-0.3, -0.25) is 9.78 Å². The summed E-state index contributed by atoms with van der Waals surface area (Å²) >= 11 is 0. The number of amides is 1. The average molecular weight is 315 g/mol. The highest BCUT2D eigenvalue weighted by Gasteiger charge is 2.25. The molecule has 1 aliphatic heterocycles. The maximum absolute atomic E-state index is 12.2. The molecule has 3 rings (SSSR count). The normalized spacial score (nSPS) is 17.6. The number of carbonyl (C=O) groups excluding carboxylic acids is 1. The Hall–Kier alpha value is -2.18. The molecule has 1 atom stereocenters. The Morgan fingerprint density at radius 2 is 2.22 bits per heavy atom. The molecule has 0 aromatic carbocycles. The smallest absolute Gasteiger partial charge is 0.248 e. The summed E-state index contributed by atoms with van der Waals surface area (Å²) in [5, 5.41) is 0. The molecule has 2 aromatic rings.